The van der Waals surface area contributed by atoms with Gasteiger partial charge in [-0.3, -0.25) is 4.79 Å². The highest BCUT2D eigenvalue weighted by molar-refractivity contribution is 5.95. The maximum absolute atomic E-state index is 12.4. The number of hydrogen-bond donors (Lipinski definition) is 2. The fraction of sp³-hybridized carbons (Fsp3) is 0.611. The van der Waals surface area contributed by atoms with E-state index in [9.17, 15) is 4.79 Å². The lowest BCUT2D eigenvalue weighted by molar-refractivity contribution is 0.0954. The van der Waals surface area contributed by atoms with Gasteiger partial charge in [0, 0.05) is 29.8 Å². The van der Waals surface area contributed by atoms with E-state index >= 15 is 0 Å². The maximum atomic E-state index is 12.4. The molecule has 0 aromatic heterocycles. The molecule has 0 aliphatic rings. The van der Waals surface area contributed by atoms with Gasteiger partial charge >= 0.3 is 0 Å². The molecule has 3 N–H and O–H groups in total. The van der Waals surface area contributed by atoms with E-state index in [4.69, 9.17) is 10.5 Å². The first-order valence-electron chi connectivity index (χ1n) is 7.73. The van der Waals surface area contributed by atoms with Crippen LogP contribution >= 0.6 is 0 Å². The molecule has 0 heterocycles. The topological polar surface area (TPSA) is 64.3 Å². The molecule has 0 atom stereocenters. The molecule has 4 heteroatoms. The number of carbonyl (C=O) groups is 1. The Kier molecular flexibility index (Phi) is 5.63. The van der Waals surface area contributed by atoms with E-state index in [0.717, 1.165) is 16.9 Å². The van der Waals surface area contributed by atoms with Crippen LogP contribution in [0.4, 0.5) is 0 Å². The average molecular weight is 306 g/mol. The van der Waals surface area contributed by atoms with E-state index in [1.807, 2.05) is 12.1 Å². The van der Waals surface area contributed by atoms with Gasteiger partial charge in [0.05, 0.1) is 7.11 Å². The zero-order valence-corrected chi connectivity index (χ0v) is 15.0. The summed E-state index contributed by atoms with van der Waals surface area (Å²) in [4.78, 5) is 12.4. The molecule has 0 radical (unpaired) electrons. The maximum Gasteiger partial charge on any atom is 0.251 e. The van der Waals surface area contributed by atoms with Crippen LogP contribution in [0.5, 0.6) is 5.75 Å². The van der Waals surface area contributed by atoms with E-state index in [1.54, 1.807) is 7.11 Å². The van der Waals surface area contributed by atoms with Gasteiger partial charge in [0.1, 0.15) is 5.75 Å². The highest BCUT2D eigenvalue weighted by Crippen LogP contribution is 2.40. The molecule has 0 spiro atoms. The van der Waals surface area contributed by atoms with Crippen LogP contribution in [0.3, 0.4) is 0 Å². The summed E-state index contributed by atoms with van der Waals surface area (Å²) in [6.07, 6.45) is 0. The Balaban J connectivity index is 3.53. The van der Waals surface area contributed by atoms with Crippen molar-refractivity contribution in [1.29, 1.82) is 0 Å². The van der Waals surface area contributed by atoms with Gasteiger partial charge in [0.15, 0.2) is 0 Å². The van der Waals surface area contributed by atoms with E-state index in [1.165, 1.54) is 0 Å². The van der Waals surface area contributed by atoms with E-state index in [0.29, 0.717) is 18.7 Å². The number of nitrogens with two attached hydrogens (primary N) is 1. The molecule has 4 nitrogen and oxygen atoms in total. The highest BCUT2D eigenvalue weighted by Gasteiger charge is 2.28. The molecule has 0 bridgehead atoms. The fourth-order valence-corrected chi connectivity index (χ4v) is 2.38. The van der Waals surface area contributed by atoms with Crippen LogP contribution in [0.25, 0.3) is 0 Å². The Bertz CT molecular complexity index is 502. The molecule has 0 unspecified atom stereocenters. The number of rotatable bonds is 4. The van der Waals surface area contributed by atoms with Gasteiger partial charge in [0.2, 0.25) is 0 Å². The third kappa shape index (κ3) is 4.23. The largest absolute Gasteiger partial charge is 0.496 e. The number of ether oxygens (including phenoxy) is 1. The number of methoxy groups -OCH3 is 1. The summed E-state index contributed by atoms with van der Waals surface area (Å²) < 4.78 is 5.69. The molecule has 0 saturated carbocycles. The Morgan fingerprint density at radius 3 is 1.86 bits per heavy atom. The number of amides is 1. The Hall–Kier alpha value is -1.55. The third-order valence-corrected chi connectivity index (χ3v) is 3.60. The summed E-state index contributed by atoms with van der Waals surface area (Å²) in [5, 5.41) is 2.84. The first-order chi connectivity index (χ1) is 10.0. The van der Waals surface area contributed by atoms with Gasteiger partial charge in [-0.05, 0) is 23.0 Å². The normalized spacial score (nSPS) is 12.2. The summed E-state index contributed by atoms with van der Waals surface area (Å²) in [6, 6.07) is 3.86. The van der Waals surface area contributed by atoms with Crippen molar-refractivity contribution >= 4 is 5.91 Å². The van der Waals surface area contributed by atoms with Crippen molar-refractivity contribution in [2.45, 2.75) is 52.4 Å². The number of hydrogen-bond acceptors (Lipinski definition) is 3. The summed E-state index contributed by atoms with van der Waals surface area (Å²) in [7, 11) is 1.69. The van der Waals surface area contributed by atoms with Gasteiger partial charge in [-0.25, -0.2) is 0 Å². The monoisotopic (exact) mass is 306 g/mol. The second kappa shape index (κ2) is 6.69. The van der Waals surface area contributed by atoms with Gasteiger partial charge in [-0.2, -0.15) is 0 Å². The summed E-state index contributed by atoms with van der Waals surface area (Å²) in [5.41, 5.74) is 7.97. The predicted octanol–water partition coefficient (Wildman–Crippen LogP) is 2.98. The van der Waals surface area contributed by atoms with Gasteiger partial charge in [-0.15, -0.1) is 0 Å². The van der Waals surface area contributed by atoms with Crippen LogP contribution in [0.15, 0.2) is 12.1 Å². The minimum atomic E-state index is -0.116. The smallest absolute Gasteiger partial charge is 0.251 e. The molecular weight excluding hydrogens is 276 g/mol. The van der Waals surface area contributed by atoms with Gasteiger partial charge in [0.25, 0.3) is 5.91 Å². The molecule has 0 aliphatic carbocycles. The zero-order chi connectivity index (χ0) is 17.1. The minimum Gasteiger partial charge on any atom is -0.496 e. The number of carbonyl (C=O) groups excluding carboxylic acids is 1. The van der Waals surface area contributed by atoms with Crippen molar-refractivity contribution in [3.8, 4) is 5.75 Å². The molecule has 1 rings (SSSR count). The minimum absolute atomic E-state index is 0.0934. The van der Waals surface area contributed by atoms with Crippen LogP contribution < -0.4 is 15.8 Å². The molecular formula is C18H30N2O2. The molecule has 22 heavy (non-hydrogen) atoms. The quantitative estimate of drug-likeness (QED) is 0.899. The summed E-state index contributed by atoms with van der Waals surface area (Å²) in [6.45, 7) is 13.6. The second-order valence-corrected chi connectivity index (χ2v) is 7.65. The third-order valence-electron chi connectivity index (χ3n) is 3.60. The average Bonchev–Trinajstić information content (AvgIpc) is 2.41. The predicted molar refractivity (Wildman–Crippen MR) is 91.8 cm³/mol. The van der Waals surface area contributed by atoms with Crippen LogP contribution in [-0.4, -0.2) is 26.1 Å². The van der Waals surface area contributed by atoms with Crippen molar-refractivity contribution in [3.05, 3.63) is 28.8 Å². The van der Waals surface area contributed by atoms with Crippen LogP contribution in [0.2, 0.25) is 0 Å². The molecule has 0 fully saturated rings. The summed E-state index contributed by atoms with van der Waals surface area (Å²) in [5.74, 6) is 0.777. The molecule has 1 aromatic rings. The lowest BCUT2D eigenvalue weighted by Gasteiger charge is -2.29. The highest BCUT2D eigenvalue weighted by atomic mass is 16.5. The van der Waals surface area contributed by atoms with Crippen molar-refractivity contribution in [1.82, 2.24) is 5.32 Å². The number of nitrogens with one attached hydrogen (secondary N) is 1. The fourth-order valence-electron chi connectivity index (χ4n) is 2.38. The van der Waals surface area contributed by atoms with E-state index in [-0.39, 0.29) is 16.7 Å². The first-order valence-corrected chi connectivity index (χ1v) is 7.73. The Labute approximate surface area is 134 Å². The molecule has 1 aromatic carbocycles. The van der Waals surface area contributed by atoms with Gasteiger partial charge < -0.3 is 15.8 Å². The van der Waals surface area contributed by atoms with Crippen molar-refractivity contribution in [2.75, 3.05) is 20.2 Å². The Morgan fingerprint density at radius 1 is 1.09 bits per heavy atom. The van der Waals surface area contributed by atoms with Crippen molar-refractivity contribution in [3.63, 3.8) is 0 Å². The SMILES string of the molecule is COc1c(C(C)(C)C)cc(C(=O)NCCN)cc1C(C)(C)C. The number of benzene rings is 1. The standard InChI is InChI=1S/C18H30N2O2/c1-17(2,3)13-10-12(16(21)20-9-8-19)11-14(15(13)22-7)18(4,5)6/h10-11H,8-9,19H2,1-7H3,(H,20,21). The molecule has 124 valence electrons. The summed E-state index contributed by atoms with van der Waals surface area (Å²) >= 11 is 0. The Morgan fingerprint density at radius 2 is 1.55 bits per heavy atom. The van der Waals surface area contributed by atoms with Crippen LogP contribution in [-0.2, 0) is 10.8 Å². The van der Waals surface area contributed by atoms with E-state index < -0.39 is 0 Å². The van der Waals surface area contributed by atoms with Crippen LogP contribution in [0, 0.1) is 0 Å². The molecule has 0 saturated heterocycles. The molecule has 0 aliphatic heterocycles. The first kappa shape index (κ1) is 18.5. The lowest BCUT2D eigenvalue weighted by Crippen LogP contribution is -2.30. The zero-order valence-electron chi connectivity index (χ0n) is 15.0. The second-order valence-electron chi connectivity index (χ2n) is 7.65. The lowest BCUT2D eigenvalue weighted by atomic mass is 9.78. The van der Waals surface area contributed by atoms with Gasteiger partial charge in [-0.1, -0.05) is 41.5 Å². The van der Waals surface area contributed by atoms with Crippen molar-refractivity contribution < 1.29 is 9.53 Å². The van der Waals surface area contributed by atoms with Crippen molar-refractivity contribution in [2.24, 2.45) is 5.73 Å². The molecule has 1 amide bonds. The van der Waals surface area contributed by atoms with E-state index in [2.05, 4.69) is 46.9 Å². The van der Waals surface area contributed by atoms with Crippen LogP contribution in [0.1, 0.15) is 63.0 Å².